The van der Waals surface area contributed by atoms with Crippen molar-refractivity contribution in [1.29, 1.82) is 0 Å². The predicted molar refractivity (Wildman–Crippen MR) is 115 cm³/mol. The standard InChI is InChI=1S/C24H16ClNO4/c1-13-3-2-4-16(11-13)26-21(14-5-8-17(27)9-6-14)20-22(28)18-12-15(25)7-10-19(18)30-23(20)24(26)29/h2-12,21,27H,1H3. The number of halogens is 1. The quantitative estimate of drug-likeness (QED) is 0.486. The zero-order valence-corrected chi connectivity index (χ0v) is 16.7. The maximum atomic E-state index is 13.5. The van der Waals surface area contributed by atoms with Crippen LogP contribution < -0.4 is 10.3 Å². The average molecular weight is 418 g/mol. The predicted octanol–water partition coefficient (Wildman–Crippen LogP) is 5.21. The molecule has 2 heterocycles. The second-order valence-corrected chi connectivity index (χ2v) is 7.76. The van der Waals surface area contributed by atoms with E-state index >= 15 is 0 Å². The highest BCUT2D eigenvalue weighted by Gasteiger charge is 2.43. The Morgan fingerprint density at radius 1 is 1.00 bits per heavy atom. The van der Waals surface area contributed by atoms with Gasteiger partial charge in [-0.2, -0.15) is 0 Å². The summed E-state index contributed by atoms with van der Waals surface area (Å²) in [7, 11) is 0. The van der Waals surface area contributed by atoms with Crippen LogP contribution in [0.15, 0.2) is 75.9 Å². The topological polar surface area (TPSA) is 70.8 Å². The van der Waals surface area contributed by atoms with Gasteiger partial charge in [-0.25, -0.2) is 0 Å². The molecule has 1 aromatic heterocycles. The van der Waals surface area contributed by atoms with E-state index in [0.717, 1.165) is 5.56 Å². The first kappa shape index (κ1) is 18.5. The van der Waals surface area contributed by atoms with Gasteiger partial charge in [0.1, 0.15) is 11.3 Å². The summed E-state index contributed by atoms with van der Waals surface area (Å²) < 4.78 is 5.91. The number of aryl methyl sites for hydroxylation is 1. The molecule has 30 heavy (non-hydrogen) atoms. The highest BCUT2D eigenvalue weighted by Crippen LogP contribution is 2.41. The largest absolute Gasteiger partial charge is 0.508 e. The highest BCUT2D eigenvalue weighted by molar-refractivity contribution is 6.31. The summed E-state index contributed by atoms with van der Waals surface area (Å²) in [6.45, 7) is 1.94. The molecule has 3 aromatic carbocycles. The van der Waals surface area contributed by atoms with Crippen molar-refractivity contribution in [1.82, 2.24) is 0 Å². The third kappa shape index (κ3) is 2.78. The zero-order valence-electron chi connectivity index (χ0n) is 15.9. The van der Waals surface area contributed by atoms with Crippen molar-refractivity contribution in [3.05, 3.63) is 104 Å². The fourth-order valence-corrected chi connectivity index (χ4v) is 4.13. The number of hydrogen-bond donors (Lipinski definition) is 1. The van der Waals surface area contributed by atoms with Gasteiger partial charge in [-0.1, -0.05) is 35.9 Å². The smallest absolute Gasteiger partial charge is 0.295 e. The zero-order chi connectivity index (χ0) is 21.0. The Labute approximate surface area is 176 Å². The Bertz CT molecular complexity index is 1370. The molecule has 0 saturated carbocycles. The first-order valence-corrected chi connectivity index (χ1v) is 9.77. The number of nitrogens with zero attached hydrogens (tertiary/aromatic N) is 1. The van der Waals surface area contributed by atoms with Crippen molar-refractivity contribution in [2.24, 2.45) is 0 Å². The van der Waals surface area contributed by atoms with Crippen molar-refractivity contribution in [3.8, 4) is 5.75 Å². The van der Waals surface area contributed by atoms with Crippen LogP contribution in [0, 0.1) is 6.92 Å². The lowest BCUT2D eigenvalue weighted by Crippen LogP contribution is -2.29. The summed E-state index contributed by atoms with van der Waals surface area (Å²) in [6, 6.07) is 18.1. The van der Waals surface area contributed by atoms with Crippen LogP contribution in [0.3, 0.4) is 0 Å². The van der Waals surface area contributed by atoms with Crippen molar-refractivity contribution < 1.29 is 14.3 Å². The Kier molecular flexibility index (Phi) is 4.15. The van der Waals surface area contributed by atoms with Gasteiger partial charge in [-0.05, 0) is 60.5 Å². The summed E-state index contributed by atoms with van der Waals surface area (Å²) >= 11 is 6.10. The summed E-state index contributed by atoms with van der Waals surface area (Å²) in [4.78, 5) is 28.5. The Hall–Kier alpha value is -3.57. The van der Waals surface area contributed by atoms with Crippen molar-refractivity contribution >= 4 is 34.2 Å². The number of rotatable bonds is 2. The average Bonchev–Trinajstić information content (AvgIpc) is 3.02. The number of benzene rings is 3. The number of hydrogen-bond acceptors (Lipinski definition) is 4. The highest BCUT2D eigenvalue weighted by atomic mass is 35.5. The molecular formula is C24H16ClNO4. The second-order valence-electron chi connectivity index (χ2n) is 7.32. The molecule has 1 aliphatic rings. The van der Waals surface area contributed by atoms with Gasteiger partial charge in [0.15, 0.2) is 5.43 Å². The van der Waals surface area contributed by atoms with Gasteiger partial charge in [-0.3, -0.25) is 14.5 Å². The molecule has 148 valence electrons. The molecule has 4 aromatic rings. The van der Waals surface area contributed by atoms with Crippen LogP contribution in [-0.2, 0) is 0 Å². The van der Waals surface area contributed by atoms with Gasteiger partial charge in [0, 0.05) is 10.7 Å². The molecule has 0 fully saturated rings. The van der Waals surface area contributed by atoms with Crippen LogP contribution in [0.5, 0.6) is 5.75 Å². The van der Waals surface area contributed by atoms with E-state index in [4.69, 9.17) is 16.0 Å². The maximum absolute atomic E-state index is 13.5. The molecule has 0 radical (unpaired) electrons. The Morgan fingerprint density at radius 2 is 1.77 bits per heavy atom. The summed E-state index contributed by atoms with van der Waals surface area (Å²) in [5, 5.41) is 10.5. The minimum atomic E-state index is -0.686. The number of fused-ring (bicyclic) bond motifs is 2. The van der Waals surface area contributed by atoms with E-state index in [0.29, 0.717) is 27.2 Å². The lowest BCUT2D eigenvalue weighted by Gasteiger charge is -2.25. The fraction of sp³-hybridized carbons (Fsp3) is 0.0833. The molecule has 1 amide bonds. The van der Waals surface area contributed by atoms with Crippen LogP contribution in [-0.4, -0.2) is 11.0 Å². The van der Waals surface area contributed by atoms with Gasteiger partial charge >= 0.3 is 0 Å². The van der Waals surface area contributed by atoms with Gasteiger partial charge in [-0.15, -0.1) is 0 Å². The molecule has 0 bridgehead atoms. The normalized spacial score (nSPS) is 15.6. The lowest BCUT2D eigenvalue weighted by atomic mass is 9.98. The molecule has 1 unspecified atom stereocenters. The van der Waals surface area contributed by atoms with Gasteiger partial charge < -0.3 is 9.52 Å². The van der Waals surface area contributed by atoms with E-state index in [1.54, 1.807) is 35.2 Å². The molecule has 6 heteroatoms. The van der Waals surface area contributed by atoms with Crippen LogP contribution >= 0.6 is 11.6 Å². The number of phenols is 1. The number of phenolic OH excluding ortho intramolecular Hbond substituents is 1. The first-order chi connectivity index (χ1) is 14.4. The third-order valence-electron chi connectivity index (χ3n) is 5.32. The lowest BCUT2D eigenvalue weighted by molar-refractivity contribution is 0.0971. The summed E-state index contributed by atoms with van der Waals surface area (Å²) in [5.74, 6) is -0.264. The molecule has 0 saturated heterocycles. The number of amides is 1. The van der Waals surface area contributed by atoms with E-state index < -0.39 is 6.04 Å². The molecule has 5 rings (SSSR count). The van der Waals surface area contributed by atoms with Crippen LogP contribution in [0.2, 0.25) is 5.02 Å². The third-order valence-corrected chi connectivity index (χ3v) is 5.56. The minimum Gasteiger partial charge on any atom is -0.508 e. The summed E-state index contributed by atoms with van der Waals surface area (Å²) in [6.07, 6.45) is 0. The molecule has 1 N–H and O–H groups in total. The van der Waals surface area contributed by atoms with E-state index in [1.165, 1.54) is 12.1 Å². The molecule has 0 spiro atoms. The number of carbonyl (C=O) groups excluding carboxylic acids is 1. The Balaban J connectivity index is 1.83. The van der Waals surface area contributed by atoms with Crippen LogP contribution in [0.4, 0.5) is 5.69 Å². The van der Waals surface area contributed by atoms with Gasteiger partial charge in [0.2, 0.25) is 5.76 Å². The maximum Gasteiger partial charge on any atom is 0.295 e. The van der Waals surface area contributed by atoms with Gasteiger partial charge in [0.05, 0.1) is 17.0 Å². The fourth-order valence-electron chi connectivity index (χ4n) is 3.96. The molecule has 0 aliphatic carbocycles. The molecule has 5 nitrogen and oxygen atoms in total. The monoisotopic (exact) mass is 417 g/mol. The Morgan fingerprint density at radius 3 is 2.50 bits per heavy atom. The van der Waals surface area contributed by atoms with Crippen molar-refractivity contribution in [2.45, 2.75) is 13.0 Å². The van der Waals surface area contributed by atoms with Crippen molar-refractivity contribution in [2.75, 3.05) is 4.90 Å². The van der Waals surface area contributed by atoms with E-state index in [-0.39, 0.29) is 28.4 Å². The van der Waals surface area contributed by atoms with E-state index in [2.05, 4.69) is 0 Å². The SMILES string of the molecule is Cc1cccc(N2C(=O)c3oc4ccc(Cl)cc4c(=O)c3C2c2ccc(O)cc2)c1. The number of anilines is 1. The van der Waals surface area contributed by atoms with E-state index in [1.807, 2.05) is 31.2 Å². The number of aromatic hydroxyl groups is 1. The van der Waals surface area contributed by atoms with Gasteiger partial charge in [0.25, 0.3) is 5.91 Å². The van der Waals surface area contributed by atoms with Crippen LogP contribution in [0.25, 0.3) is 11.0 Å². The molecular weight excluding hydrogens is 402 g/mol. The molecule has 1 atom stereocenters. The minimum absolute atomic E-state index is 0.0226. The van der Waals surface area contributed by atoms with E-state index in [9.17, 15) is 14.7 Å². The second kappa shape index (κ2) is 6.75. The molecule has 1 aliphatic heterocycles. The number of carbonyl (C=O) groups is 1. The van der Waals surface area contributed by atoms with Crippen molar-refractivity contribution in [3.63, 3.8) is 0 Å². The summed E-state index contributed by atoms with van der Waals surface area (Å²) in [5.41, 5.74) is 2.61. The first-order valence-electron chi connectivity index (χ1n) is 9.39. The van der Waals surface area contributed by atoms with Crippen LogP contribution in [0.1, 0.15) is 33.3 Å².